The van der Waals surface area contributed by atoms with E-state index in [4.69, 9.17) is 4.63 Å². The van der Waals surface area contributed by atoms with Gasteiger partial charge in [0.15, 0.2) is 0 Å². The molecule has 10 heteroatoms. The van der Waals surface area contributed by atoms with Gasteiger partial charge in [0.2, 0.25) is 0 Å². The lowest BCUT2D eigenvalue weighted by Crippen LogP contribution is -2.38. The smallest absolute Gasteiger partial charge is 0.271 e. The third kappa shape index (κ3) is 5.26. The quantitative estimate of drug-likeness (QED) is 0.417. The number of carbonyl (C=O) groups excluding carboxylic acids is 2. The van der Waals surface area contributed by atoms with E-state index in [-0.39, 0.29) is 23.8 Å². The molecule has 6 rings (SSSR count). The summed E-state index contributed by atoms with van der Waals surface area (Å²) >= 11 is 1.54. The summed E-state index contributed by atoms with van der Waals surface area (Å²) in [4.78, 5) is 34.8. The molecule has 4 aromatic rings. The van der Waals surface area contributed by atoms with Gasteiger partial charge in [-0.15, -0.1) is 11.3 Å². The topological polar surface area (TPSA) is 104 Å². The van der Waals surface area contributed by atoms with Gasteiger partial charge in [0.1, 0.15) is 16.7 Å². The molecule has 1 N–H and O–H groups in total. The van der Waals surface area contributed by atoms with E-state index in [9.17, 15) is 9.59 Å². The number of nitrogens with one attached hydrogen (secondary N) is 1. The minimum atomic E-state index is -0.0978. The molecular weight excluding hydrogens is 488 g/mol. The summed E-state index contributed by atoms with van der Waals surface area (Å²) in [5.74, 6) is 0.144. The Bertz CT molecular complexity index is 1400. The Morgan fingerprint density at radius 3 is 2.65 bits per heavy atom. The highest BCUT2D eigenvalue weighted by Gasteiger charge is 2.28. The number of benzene rings is 2. The first-order valence-electron chi connectivity index (χ1n) is 12.7. The highest BCUT2D eigenvalue weighted by molar-refractivity contribution is 7.09. The lowest BCUT2D eigenvalue weighted by molar-refractivity contribution is 0.0713. The van der Waals surface area contributed by atoms with Crippen molar-refractivity contribution in [2.24, 2.45) is 0 Å². The first kappa shape index (κ1) is 23.7. The summed E-state index contributed by atoms with van der Waals surface area (Å²) in [5.41, 5.74) is 3.59. The van der Waals surface area contributed by atoms with Crippen LogP contribution in [0, 0.1) is 0 Å². The molecule has 0 saturated carbocycles. The van der Waals surface area contributed by atoms with Crippen molar-refractivity contribution in [1.29, 1.82) is 0 Å². The monoisotopic (exact) mass is 516 g/mol. The summed E-state index contributed by atoms with van der Waals surface area (Å²) in [7, 11) is 0. The number of carbonyl (C=O) groups is 2. The lowest BCUT2D eigenvalue weighted by atomic mass is 9.97. The molecule has 1 unspecified atom stereocenters. The van der Waals surface area contributed by atoms with Crippen LogP contribution in [-0.4, -0.2) is 69.1 Å². The molecule has 2 aromatic heterocycles. The first-order valence-corrected chi connectivity index (χ1v) is 13.5. The SMILES string of the molecule is O=C(NC1CCN(Cc2ccccc2)C1)c1csc(C2CCN(C(=O)c3ccc4nonc4c3)CC2)n1. The minimum Gasteiger partial charge on any atom is -0.347 e. The number of nitrogens with zero attached hydrogens (tertiary/aromatic N) is 5. The van der Waals surface area contributed by atoms with E-state index in [1.165, 1.54) is 5.56 Å². The molecule has 4 heterocycles. The highest BCUT2D eigenvalue weighted by Crippen LogP contribution is 2.31. The second-order valence-corrected chi connectivity index (χ2v) is 10.7. The maximum atomic E-state index is 13.0. The van der Waals surface area contributed by atoms with E-state index in [0.29, 0.717) is 35.4 Å². The molecule has 190 valence electrons. The molecule has 0 bridgehead atoms. The zero-order valence-electron chi connectivity index (χ0n) is 20.4. The Hall–Kier alpha value is -3.63. The standard InChI is InChI=1S/C27H28N6O3S/c34-25(28-21-10-11-32(16-21)15-18-4-2-1-3-5-18)24-17-37-26(29-24)19-8-12-33(13-9-19)27(35)20-6-7-22-23(14-20)31-36-30-22/h1-7,14,17,19,21H,8-13,15-16H2,(H,28,34). The maximum absolute atomic E-state index is 13.0. The van der Waals surface area contributed by atoms with Crippen molar-refractivity contribution in [3.8, 4) is 0 Å². The summed E-state index contributed by atoms with van der Waals surface area (Å²) < 4.78 is 4.73. The molecular formula is C27H28N6O3S. The number of piperidine rings is 1. The minimum absolute atomic E-state index is 0.0135. The highest BCUT2D eigenvalue weighted by atomic mass is 32.1. The van der Waals surface area contributed by atoms with Gasteiger partial charge < -0.3 is 10.2 Å². The fourth-order valence-corrected chi connectivity index (χ4v) is 6.17. The van der Waals surface area contributed by atoms with Crippen LogP contribution in [-0.2, 0) is 6.54 Å². The number of hydrogen-bond donors (Lipinski definition) is 1. The Balaban J connectivity index is 1.00. The van der Waals surface area contributed by atoms with E-state index in [1.54, 1.807) is 29.5 Å². The van der Waals surface area contributed by atoms with Crippen LogP contribution in [0.5, 0.6) is 0 Å². The second kappa shape index (κ2) is 10.4. The van der Waals surface area contributed by atoms with E-state index in [0.717, 1.165) is 43.9 Å². The van der Waals surface area contributed by atoms with Gasteiger partial charge in [0, 0.05) is 55.6 Å². The molecule has 1 atom stereocenters. The van der Waals surface area contributed by atoms with Gasteiger partial charge in [-0.3, -0.25) is 14.5 Å². The van der Waals surface area contributed by atoms with Crippen molar-refractivity contribution in [2.45, 2.75) is 37.8 Å². The predicted molar refractivity (Wildman–Crippen MR) is 139 cm³/mol. The number of likely N-dealkylation sites (tertiary alicyclic amines) is 2. The van der Waals surface area contributed by atoms with Crippen molar-refractivity contribution in [2.75, 3.05) is 26.2 Å². The van der Waals surface area contributed by atoms with Gasteiger partial charge in [-0.1, -0.05) is 30.3 Å². The molecule has 2 aromatic carbocycles. The van der Waals surface area contributed by atoms with E-state index >= 15 is 0 Å². The molecule has 2 aliphatic rings. The molecule has 2 amide bonds. The molecule has 0 aliphatic carbocycles. The maximum Gasteiger partial charge on any atom is 0.271 e. The van der Waals surface area contributed by atoms with Crippen molar-refractivity contribution >= 4 is 34.2 Å². The van der Waals surface area contributed by atoms with Crippen molar-refractivity contribution in [1.82, 2.24) is 30.4 Å². The van der Waals surface area contributed by atoms with Crippen molar-refractivity contribution in [3.05, 3.63) is 75.7 Å². The van der Waals surface area contributed by atoms with Gasteiger partial charge in [-0.2, -0.15) is 0 Å². The number of amides is 2. The third-order valence-electron chi connectivity index (χ3n) is 7.24. The summed E-state index contributed by atoms with van der Waals surface area (Å²) in [6, 6.07) is 15.8. The van der Waals surface area contributed by atoms with Crippen molar-refractivity contribution < 1.29 is 14.2 Å². The number of aromatic nitrogens is 3. The Morgan fingerprint density at radius 1 is 1.00 bits per heavy atom. The number of rotatable bonds is 6. The molecule has 0 radical (unpaired) electrons. The van der Waals surface area contributed by atoms with Gasteiger partial charge in [0.05, 0.1) is 5.01 Å². The van der Waals surface area contributed by atoms with Crippen LogP contribution in [0.1, 0.15) is 56.6 Å². The van der Waals surface area contributed by atoms with Gasteiger partial charge in [0.25, 0.3) is 11.8 Å². The van der Waals surface area contributed by atoms with Crippen LogP contribution in [0.2, 0.25) is 0 Å². The fourth-order valence-electron chi connectivity index (χ4n) is 5.20. The van der Waals surface area contributed by atoms with Crippen LogP contribution in [0.15, 0.2) is 58.5 Å². The number of thiazole rings is 1. The predicted octanol–water partition coefficient (Wildman–Crippen LogP) is 3.70. The van der Waals surface area contributed by atoms with E-state index in [1.807, 2.05) is 16.3 Å². The Kier molecular flexibility index (Phi) is 6.67. The van der Waals surface area contributed by atoms with Gasteiger partial charge >= 0.3 is 0 Å². The van der Waals surface area contributed by atoms with Crippen LogP contribution in [0.3, 0.4) is 0 Å². The zero-order chi connectivity index (χ0) is 25.2. The van der Waals surface area contributed by atoms with Gasteiger partial charge in [-0.25, -0.2) is 9.61 Å². The van der Waals surface area contributed by atoms with E-state index in [2.05, 4.69) is 49.8 Å². The average molecular weight is 517 g/mol. The van der Waals surface area contributed by atoms with Crippen LogP contribution in [0.25, 0.3) is 11.0 Å². The second-order valence-electron chi connectivity index (χ2n) is 9.78. The average Bonchev–Trinajstić information content (AvgIpc) is 3.70. The number of fused-ring (bicyclic) bond motifs is 1. The zero-order valence-corrected chi connectivity index (χ0v) is 21.2. The summed E-state index contributed by atoms with van der Waals surface area (Å²) in [5, 5.41) is 13.6. The largest absolute Gasteiger partial charge is 0.347 e. The van der Waals surface area contributed by atoms with Crippen LogP contribution in [0.4, 0.5) is 0 Å². The molecule has 9 nitrogen and oxygen atoms in total. The third-order valence-corrected chi connectivity index (χ3v) is 8.25. The number of hydrogen-bond acceptors (Lipinski definition) is 8. The summed E-state index contributed by atoms with van der Waals surface area (Å²) in [6.07, 6.45) is 2.60. The first-order chi connectivity index (χ1) is 18.1. The Labute approximate surface area is 218 Å². The fraction of sp³-hybridized carbons (Fsp3) is 0.370. The van der Waals surface area contributed by atoms with Gasteiger partial charge in [-0.05, 0) is 53.3 Å². The lowest BCUT2D eigenvalue weighted by Gasteiger charge is -2.31. The van der Waals surface area contributed by atoms with Crippen LogP contribution < -0.4 is 5.32 Å². The van der Waals surface area contributed by atoms with Crippen LogP contribution >= 0.6 is 11.3 Å². The van der Waals surface area contributed by atoms with Crippen molar-refractivity contribution in [3.63, 3.8) is 0 Å². The molecule has 2 aliphatic heterocycles. The van der Waals surface area contributed by atoms with E-state index < -0.39 is 0 Å². The normalized spacial score (nSPS) is 18.9. The molecule has 37 heavy (non-hydrogen) atoms. The summed E-state index contributed by atoms with van der Waals surface area (Å²) in [6.45, 7) is 4.03. The molecule has 0 spiro atoms. The molecule has 2 saturated heterocycles. The molecule has 2 fully saturated rings. The Morgan fingerprint density at radius 2 is 1.81 bits per heavy atom.